The molecule has 0 spiro atoms. The number of aryl methyl sites for hydroxylation is 1. The van der Waals surface area contributed by atoms with E-state index in [9.17, 15) is 9.18 Å². The standard InChI is InChI=1S/C17H18FNO2/c1-3-21-17(20)16(13-5-4-6-14(18)11-13)19-15-9-7-12(2)8-10-15/h4-11,16,19H,3H2,1-2H3. The molecule has 0 fully saturated rings. The summed E-state index contributed by atoms with van der Waals surface area (Å²) >= 11 is 0. The molecule has 0 amide bonds. The van der Waals surface area contributed by atoms with Gasteiger partial charge in [-0.25, -0.2) is 9.18 Å². The molecule has 3 nitrogen and oxygen atoms in total. The van der Waals surface area contributed by atoms with Gasteiger partial charge in [0.05, 0.1) is 6.61 Å². The van der Waals surface area contributed by atoms with Crippen LogP contribution in [0.3, 0.4) is 0 Å². The summed E-state index contributed by atoms with van der Waals surface area (Å²) < 4.78 is 18.5. The lowest BCUT2D eigenvalue weighted by molar-refractivity contribution is -0.144. The second kappa shape index (κ2) is 6.88. The molecule has 2 rings (SSSR count). The highest BCUT2D eigenvalue weighted by molar-refractivity contribution is 5.81. The molecular formula is C17H18FNO2. The summed E-state index contributed by atoms with van der Waals surface area (Å²) in [6.07, 6.45) is 0. The molecule has 0 radical (unpaired) electrons. The average molecular weight is 287 g/mol. The molecule has 0 aromatic heterocycles. The minimum absolute atomic E-state index is 0.278. The van der Waals surface area contributed by atoms with Crippen LogP contribution in [0.25, 0.3) is 0 Å². The van der Waals surface area contributed by atoms with Gasteiger partial charge in [-0.1, -0.05) is 29.8 Å². The van der Waals surface area contributed by atoms with Crippen molar-refractivity contribution in [1.29, 1.82) is 0 Å². The second-order valence-electron chi connectivity index (χ2n) is 4.75. The van der Waals surface area contributed by atoms with Gasteiger partial charge in [0.2, 0.25) is 0 Å². The smallest absolute Gasteiger partial charge is 0.333 e. The highest BCUT2D eigenvalue weighted by atomic mass is 19.1. The maximum atomic E-state index is 13.4. The van der Waals surface area contributed by atoms with Crippen molar-refractivity contribution in [2.45, 2.75) is 19.9 Å². The Kier molecular flexibility index (Phi) is 4.93. The zero-order valence-corrected chi connectivity index (χ0v) is 12.1. The molecule has 0 aliphatic rings. The minimum atomic E-state index is -0.733. The normalized spacial score (nSPS) is 11.8. The lowest BCUT2D eigenvalue weighted by atomic mass is 10.1. The van der Waals surface area contributed by atoms with Gasteiger partial charge in [-0.05, 0) is 43.7 Å². The quantitative estimate of drug-likeness (QED) is 0.849. The summed E-state index contributed by atoms with van der Waals surface area (Å²) in [7, 11) is 0. The minimum Gasteiger partial charge on any atom is -0.464 e. The lowest BCUT2D eigenvalue weighted by Crippen LogP contribution is -2.23. The molecule has 1 unspecified atom stereocenters. The fourth-order valence-electron chi connectivity index (χ4n) is 2.01. The van der Waals surface area contributed by atoms with Crippen molar-refractivity contribution < 1.29 is 13.9 Å². The van der Waals surface area contributed by atoms with Crippen molar-refractivity contribution in [1.82, 2.24) is 0 Å². The molecule has 21 heavy (non-hydrogen) atoms. The van der Waals surface area contributed by atoms with Gasteiger partial charge in [-0.15, -0.1) is 0 Å². The van der Waals surface area contributed by atoms with Crippen LogP contribution in [-0.4, -0.2) is 12.6 Å². The zero-order valence-electron chi connectivity index (χ0n) is 12.1. The Labute approximate surface area is 123 Å². The number of benzene rings is 2. The summed E-state index contributed by atoms with van der Waals surface area (Å²) in [5.41, 5.74) is 2.44. The van der Waals surface area contributed by atoms with Crippen LogP contribution in [0.2, 0.25) is 0 Å². The molecule has 0 bridgehead atoms. The topological polar surface area (TPSA) is 38.3 Å². The molecule has 2 aromatic carbocycles. The van der Waals surface area contributed by atoms with Gasteiger partial charge in [0.1, 0.15) is 5.82 Å². The largest absolute Gasteiger partial charge is 0.464 e. The van der Waals surface area contributed by atoms with E-state index in [1.165, 1.54) is 12.1 Å². The first-order valence-electron chi connectivity index (χ1n) is 6.85. The number of nitrogens with one attached hydrogen (secondary N) is 1. The van der Waals surface area contributed by atoms with Crippen LogP contribution in [0.15, 0.2) is 48.5 Å². The van der Waals surface area contributed by atoms with Crippen molar-refractivity contribution >= 4 is 11.7 Å². The number of esters is 1. The molecule has 4 heteroatoms. The van der Waals surface area contributed by atoms with Gasteiger partial charge < -0.3 is 10.1 Å². The van der Waals surface area contributed by atoms with Crippen LogP contribution in [0.1, 0.15) is 24.1 Å². The van der Waals surface area contributed by atoms with E-state index in [0.717, 1.165) is 11.3 Å². The Morgan fingerprint density at radius 3 is 2.57 bits per heavy atom. The fraction of sp³-hybridized carbons (Fsp3) is 0.235. The molecule has 1 N–H and O–H groups in total. The Balaban J connectivity index is 2.27. The van der Waals surface area contributed by atoms with Crippen LogP contribution < -0.4 is 5.32 Å². The second-order valence-corrected chi connectivity index (χ2v) is 4.75. The van der Waals surface area contributed by atoms with Crippen LogP contribution in [-0.2, 0) is 9.53 Å². The van der Waals surface area contributed by atoms with Crippen LogP contribution in [0.4, 0.5) is 10.1 Å². The third-order valence-corrected chi connectivity index (χ3v) is 3.07. The molecule has 0 aliphatic heterocycles. The number of carbonyl (C=O) groups is 1. The molecule has 2 aromatic rings. The predicted molar refractivity (Wildman–Crippen MR) is 80.6 cm³/mol. The molecule has 110 valence electrons. The fourth-order valence-corrected chi connectivity index (χ4v) is 2.01. The molecule has 0 saturated heterocycles. The highest BCUT2D eigenvalue weighted by Gasteiger charge is 2.22. The number of halogens is 1. The first-order chi connectivity index (χ1) is 10.1. The average Bonchev–Trinajstić information content (AvgIpc) is 2.47. The SMILES string of the molecule is CCOC(=O)C(Nc1ccc(C)cc1)c1cccc(F)c1. The molecule has 0 heterocycles. The summed E-state index contributed by atoms with van der Waals surface area (Å²) in [5, 5.41) is 3.09. The van der Waals surface area contributed by atoms with E-state index in [2.05, 4.69) is 5.32 Å². The maximum Gasteiger partial charge on any atom is 0.333 e. The van der Waals surface area contributed by atoms with Crippen molar-refractivity contribution in [3.8, 4) is 0 Å². The first-order valence-corrected chi connectivity index (χ1v) is 6.85. The number of rotatable bonds is 5. The van der Waals surface area contributed by atoms with Crippen molar-refractivity contribution in [2.75, 3.05) is 11.9 Å². The first kappa shape index (κ1) is 15.0. The summed E-state index contributed by atoms with van der Waals surface area (Å²) in [4.78, 5) is 12.1. The molecule has 0 saturated carbocycles. The summed E-state index contributed by atoms with van der Waals surface area (Å²) in [6, 6.07) is 12.9. The Morgan fingerprint density at radius 2 is 1.95 bits per heavy atom. The van der Waals surface area contributed by atoms with E-state index in [4.69, 9.17) is 4.74 Å². The van der Waals surface area contributed by atoms with E-state index < -0.39 is 12.0 Å². The van der Waals surface area contributed by atoms with E-state index in [1.54, 1.807) is 19.1 Å². The molecule has 0 aliphatic carbocycles. The van der Waals surface area contributed by atoms with Gasteiger partial charge in [0.15, 0.2) is 6.04 Å². The number of carbonyl (C=O) groups excluding carboxylic acids is 1. The van der Waals surface area contributed by atoms with Crippen molar-refractivity contribution in [2.24, 2.45) is 0 Å². The number of hydrogen-bond donors (Lipinski definition) is 1. The van der Waals surface area contributed by atoms with E-state index in [-0.39, 0.29) is 12.4 Å². The molecule has 1 atom stereocenters. The summed E-state index contributed by atoms with van der Waals surface area (Å²) in [5.74, 6) is -0.809. The monoisotopic (exact) mass is 287 g/mol. The van der Waals surface area contributed by atoms with Crippen molar-refractivity contribution in [3.63, 3.8) is 0 Å². The number of anilines is 1. The number of ether oxygens (including phenoxy) is 1. The van der Waals surface area contributed by atoms with Crippen molar-refractivity contribution in [3.05, 3.63) is 65.5 Å². The Morgan fingerprint density at radius 1 is 1.24 bits per heavy atom. The van der Waals surface area contributed by atoms with Gasteiger partial charge >= 0.3 is 5.97 Å². The van der Waals surface area contributed by atoms with Crippen LogP contribution >= 0.6 is 0 Å². The number of hydrogen-bond acceptors (Lipinski definition) is 3. The predicted octanol–water partition coefficient (Wildman–Crippen LogP) is 3.85. The molecular weight excluding hydrogens is 269 g/mol. The van der Waals surface area contributed by atoms with E-state index in [0.29, 0.717) is 5.56 Å². The third-order valence-electron chi connectivity index (χ3n) is 3.07. The highest BCUT2D eigenvalue weighted by Crippen LogP contribution is 2.22. The third kappa shape index (κ3) is 4.05. The van der Waals surface area contributed by atoms with Gasteiger partial charge in [0.25, 0.3) is 0 Å². The van der Waals surface area contributed by atoms with Crippen LogP contribution in [0, 0.1) is 12.7 Å². The van der Waals surface area contributed by atoms with Gasteiger partial charge in [0, 0.05) is 5.69 Å². The van der Waals surface area contributed by atoms with E-state index >= 15 is 0 Å². The zero-order chi connectivity index (χ0) is 15.2. The summed E-state index contributed by atoms with van der Waals surface area (Å²) in [6.45, 7) is 4.01. The van der Waals surface area contributed by atoms with E-state index in [1.807, 2.05) is 31.2 Å². The van der Waals surface area contributed by atoms with Gasteiger partial charge in [-0.2, -0.15) is 0 Å². The Bertz CT molecular complexity index is 610. The maximum absolute atomic E-state index is 13.4. The van der Waals surface area contributed by atoms with Gasteiger partial charge in [-0.3, -0.25) is 0 Å². The Hall–Kier alpha value is -2.36. The lowest BCUT2D eigenvalue weighted by Gasteiger charge is -2.19. The van der Waals surface area contributed by atoms with Crippen LogP contribution in [0.5, 0.6) is 0 Å².